The molecule has 15 heavy (non-hydrogen) atoms. The molecule has 1 rings (SSSR count). The van der Waals surface area contributed by atoms with Crippen LogP contribution in [0.5, 0.6) is 5.75 Å². The van der Waals surface area contributed by atoms with E-state index in [2.05, 4.69) is 0 Å². The maximum Gasteiger partial charge on any atom is 0.118 e. The Balaban J connectivity index is 0.000000921. The van der Waals surface area contributed by atoms with Gasteiger partial charge in [0.25, 0.3) is 0 Å². The Morgan fingerprint density at radius 2 is 1.73 bits per heavy atom. The van der Waals surface area contributed by atoms with Crippen LogP contribution in [0.1, 0.15) is 26.3 Å². The smallest absolute Gasteiger partial charge is 0.118 e. The summed E-state index contributed by atoms with van der Waals surface area (Å²) in [6.45, 7) is 5.72. The summed E-state index contributed by atoms with van der Waals surface area (Å²) >= 11 is 0. The quantitative estimate of drug-likeness (QED) is 0.827. The van der Waals surface area contributed by atoms with Crippen molar-refractivity contribution in [3.63, 3.8) is 0 Å². The van der Waals surface area contributed by atoms with E-state index in [9.17, 15) is 0 Å². The van der Waals surface area contributed by atoms with Crippen LogP contribution >= 0.6 is 0 Å². The lowest BCUT2D eigenvalue weighted by Crippen LogP contribution is -1.91. The van der Waals surface area contributed by atoms with Crippen LogP contribution in [0.2, 0.25) is 0 Å². The summed E-state index contributed by atoms with van der Waals surface area (Å²) in [4.78, 5) is 0. The van der Waals surface area contributed by atoms with E-state index in [0.717, 1.165) is 11.3 Å². The molecule has 0 fully saturated rings. The van der Waals surface area contributed by atoms with Gasteiger partial charge in [0.05, 0.1) is 13.2 Å². The van der Waals surface area contributed by atoms with Gasteiger partial charge >= 0.3 is 0 Å². The average Bonchev–Trinajstić information content (AvgIpc) is 2.30. The standard InChI is InChI=1S/C11H14O2.C2H6/c1-9(12)3-4-10-5-7-11(13-2)8-6-10;1-2/h3-9,12H,1-2H3;1-2H3/b4-3+;. The lowest BCUT2D eigenvalue weighted by Gasteiger charge is -1.99. The van der Waals surface area contributed by atoms with E-state index < -0.39 is 6.10 Å². The van der Waals surface area contributed by atoms with Crippen LogP contribution < -0.4 is 4.74 Å². The first-order valence-electron chi connectivity index (χ1n) is 5.22. The maximum atomic E-state index is 9.00. The lowest BCUT2D eigenvalue weighted by molar-refractivity contribution is 0.245. The lowest BCUT2D eigenvalue weighted by atomic mass is 10.2. The number of hydrogen-bond donors (Lipinski definition) is 1. The zero-order valence-corrected chi connectivity index (χ0v) is 9.90. The molecule has 0 heterocycles. The Labute approximate surface area is 92.2 Å². The van der Waals surface area contributed by atoms with Gasteiger partial charge in [0.15, 0.2) is 0 Å². The Kier molecular flexibility index (Phi) is 7.38. The van der Waals surface area contributed by atoms with E-state index in [1.165, 1.54) is 0 Å². The molecular weight excluding hydrogens is 188 g/mol. The molecule has 0 radical (unpaired) electrons. The van der Waals surface area contributed by atoms with Crippen molar-refractivity contribution in [2.75, 3.05) is 7.11 Å². The molecule has 0 aliphatic rings. The number of ether oxygens (including phenoxy) is 1. The molecule has 1 aromatic rings. The van der Waals surface area contributed by atoms with Crippen LogP contribution in [0.25, 0.3) is 6.08 Å². The van der Waals surface area contributed by atoms with Crippen molar-refractivity contribution in [3.8, 4) is 5.75 Å². The molecule has 0 spiro atoms. The van der Waals surface area contributed by atoms with Crippen molar-refractivity contribution in [2.45, 2.75) is 26.9 Å². The molecule has 1 atom stereocenters. The first-order valence-corrected chi connectivity index (χ1v) is 5.22. The zero-order valence-electron chi connectivity index (χ0n) is 9.90. The van der Waals surface area contributed by atoms with Gasteiger partial charge in [-0.3, -0.25) is 0 Å². The van der Waals surface area contributed by atoms with Crippen molar-refractivity contribution in [3.05, 3.63) is 35.9 Å². The summed E-state index contributed by atoms with van der Waals surface area (Å²) in [5.74, 6) is 0.842. The molecule has 1 unspecified atom stereocenters. The molecule has 84 valence electrons. The van der Waals surface area contributed by atoms with E-state index >= 15 is 0 Å². The predicted octanol–water partition coefficient (Wildman–Crippen LogP) is 3.12. The highest BCUT2D eigenvalue weighted by Gasteiger charge is 1.90. The Bertz CT molecular complexity index is 273. The second-order valence-electron chi connectivity index (χ2n) is 2.87. The molecule has 0 aromatic heterocycles. The summed E-state index contributed by atoms with van der Waals surface area (Å²) in [6.07, 6.45) is 3.22. The summed E-state index contributed by atoms with van der Waals surface area (Å²) in [7, 11) is 1.64. The molecule has 2 heteroatoms. The SMILES string of the molecule is CC.COc1ccc(/C=C/C(C)O)cc1. The molecule has 1 aromatic carbocycles. The molecule has 0 aliphatic carbocycles. The van der Waals surface area contributed by atoms with E-state index in [1.54, 1.807) is 20.1 Å². The molecular formula is C13H20O2. The van der Waals surface area contributed by atoms with Gasteiger partial charge in [-0.05, 0) is 24.6 Å². The number of aliphatic hydroxyl groups excluding tert-OH is 1. The first kappa shape index (κ1) is 13.7. The number of rotatable bonds is 3. The first-order chi connectivity index (χ1) is 7.22. The third kappa shape index (κ3) is 5.92. The van der Waals surface area contributed by atoms with Crippen molar-refractivity contribution in [1.29, 1.82) is 0 Å². The number of hydrogen-bond acceptors (Lipinski definition) is 2. The van der Waals surface area contributed by atoms with Crippen LogP contribution in [-0.4, -0.2) is 18.3 Å². The monoisotopic (exact) mass is 208 g/mol. The topological polar surface area (TPSA) is 29.5 Å². The highest BCUT2D eigenvalue weighted by Crippen LogP contribution is 2.12. The fourth-order valence-corrected chi connectivity index (χ4v) is 0.965. The minimum atomic E-state index is -0.401. The minimum Gasteiger partial charge on any atom is -0.497 e. The van der Waals surface area contributed by atoms with Gasteiger partial charge < -0.3 is 9.84 Å². The molecule has 0 saturated heterocycles. The van der Waals surface area contributed by atoms with Crippen LogP contribution in [0.4, 0.5) is 0 Å². The van der Waals surface area contributed by atoms with Crippen LogP contribution in [0.15, 0.2) is 30.3 Å². The Hall–Kier alpha value is -1.28. The normalized spacial score (nSPS) is 11.8. The van der Waals surface area contributed by atoms with E-state index in [4.69, 9.17) is 9.84 Å². The van der Waals surface area contributed by atoms with Gasteiger partial charge in [-0.2, -0.15) is 0 Å². The number of methoxy groups -OCH3 is 1. The fourth-order valence-electron chi connectivity index (χ4n) is 0.965. The van der Waals surface area contributed by atoms with Gasteiger partial charge in [-0.1, -0.05) is 38.1 Å². The maximum absolute atomic E-state index is 9.00. The van der Waals surface area contributed by atoms with E-state index in [1.807, 2.05) is 44.2 Å². The van der Waals surface area contributed by atoms with E-state index in [-0.39, 0.29) is 0 Å². The van der Waals surface area contributed by atoms with Crippen molar-refractivity contribution in [2.24, 2.45) is 0 Å². The number of benzene rings is 1. The van der Waals surface area contributed by atoms with Crippen molar-refractivity contribution >= 4 is 6.08 Å². The van der Waals surface area contributed by atoms with E-state index in [0.29, 0.717) is 0 Å². The van der Waals surface area contributed by atoms with Gasteiger partial charge in [0, 0.05) is 0 Å². The molecule has 0 bridgehead atoms. The molecule has 0 saturated carbocycles. The second kappa shape index (κ2) is 8.06. The van der Waals surface area contributed by atoms with Crippen molar-refractivity contribution in [1.82, 2.24) is 0 Å². The van der Waals surface area contributed by atoms with Crippen LogP contribution in [0, 0.1) is 0 Å². The number of aliphatic hydroxyl groups is 1. The molecule has 2 nitrogen and oxygen atoms in total. The zero-order chi connectivity index (χ0) is 11.7. The highest BCUT2D eigenvalue weighted by atomic mass is 16.5. The predicted molar refractivity (Wildman–Crippen MR) is 65.1 cm³/mol. The Morgan fingerprint density at radius 1 is 1.20 bits per heavy atom. The fraction of sp³-hybridized carbons (Fsp3) is 0.385. The summed E-state index contributed by atoms with van der Waals surface area (Å²) in [6, 6.07) is 7.67. The van der Waals surface area contributed by atoms with Crippen LogP contribution in [0.3, 0.4) is 0 Å². The van der Waals surface area contributed by atoms with Gasteiger partial charge in [-0.25, -0.2) is 0 Å². The van der Waals surface area contributed by atoms with Gasteiger partial charge in [0.2, 0.25) is 0 Å². The molecule has 0 aliphatic heterocycles. The third-order valence-corrected chi connectivity index (χ3v) is 1.68. The average molecular weight is 208 g/mol. The van der Waals surface area contributed by atoms with Crippen LogP contribution in [-0.2, 0) is 0 Å². The molecule has 0 amide bonds. The van der Waals surface area contributed by atoms with Crippen molar-refractivity contribution < 1.29 is 9.84 Å². The highest BCUT2D eigenvalue weighted by molar-refractivity contribution is 5.50. The Morgan fingerprint density at radius 3 is 2.13 bits per heavy atom. The van der Waals surface area contributed by atoms with Gasteiger partial charge in [-0.15, -0.1) is 0 Å². The summed E-state index contributed by atoms with van der Waals surface area (Å²) in [5, 5.41) is 9.00. The summed E-state index contributed by atoms with van der Waals surface area (Å²) in [5.41, 5.74) is 1.06. The summed E-state index contributed by atoms with van der Waals surface area (Å²) < 4.78 is 5.02. The molecule has 1 N–H and O–H groups in total. The third-order valence-electron chi connectivity index (χ3n) is 1.68. The largest absolute Gasteiger partial charge is 0.497 e. The minimum absolute atomic E-state index is 0.401. The second-order valence-corrected chi connectivity index (χ2v) is 2.87. The van der Waals surface area contributed by atoms with Gasteiger partial charge in [0.1, 0.15) is 5.75 Å².